The van der Waals surface area contributed by atoms with Crippen molar-refractivity contribution in [2.24, 2.45) is 11.7 Å². The van der Waals surface area contributed by atoms with Gasteiger partial charge in [0.05, 0.1) is 51.8 Å². The van der Waals surface area contributed by atoms with Crippen molar-refractivity contribution < 1.29 is 126 Å². The Morgan fingerprint density at radius 1 is 0.588 bits per heavy atom. The molecule has 0 aliphatic carbocycles. The van der Waals surface area contributed by atoms with Gasteiger partial charge in [-0.15, -0.1) is 0 Å². The zero-order valence-corrected chi connectivity index (χ0v) is 63.0. The summed E-state index contributed by atoms with van der Waals surface area (Å²) in [4.78, 5) is 277. The van der Waals surface area contributed by atoms with Crippen molar-refractivity contribution in [3.05, 3.63) is 65.9 Å². The third-order valence-corrected chi connectivity index (χ3v) is 18.4. The number of carboxylic acids is 4. The van der Waals surface area contributed by atoms with Gasteiger partial charge in [-0.25, -0.2) is 4.79 Å². The Hall–Kier alpha value is -12.7. The Labute approximate surface area is 651 Å². The highest BCUT2D eigenvalue weighted by Gasteiger charge is 2.42. The number of amides is 14. The number of nitrogens with one attached hydrogen (secondary N) is 13. The molecule has 42 heteroatoms. The maximum absolute atomic E-state index is 14.9. The SMILES string of the molecule is CCCCCCCCCC(=O)N[C@@H](Cc1c[nH]c2ccccc12)C(=O)N[C@@H](CC(N)=O)C(=O)N[C@@H](CC(=O)O)C(=O)N[C@@H]1C(=O)NCC(=O)N2CCC[C@H]2C(=O)N[C@@H](CC(=O)O)C(=O)N[C@H](C)C(=O)N[C@@H](CC(=O)O)C(=O)NCC(=O)N[C@H](CO)C(=O)N[C@@H]([C@@H](C)CC(=O)O)C(=O)N[C@@H](CC(=O)c2ccccc2N)C(=O)O[C@@H]1C. The molecule has 114 heavy (non-hydrogen) atoms. The summed E-state index contributed by atoms with van der Waals surface area (Å²) in [6.45, 7) is 1.19. The Balaban J connectivity index is 1.59. The highest BCUT2D eigenvalue weighted by molar-refractivity contribution is 6.05. The fourth-order valence-electron chi connectivity index (χ4n) is 12.3. The molecule has 0 saturated carbocycles. The number of nitrogens with two attached hydrogens (primary N) is 2. The van der Waals surface area contributed by atoms with Crippen LogP contribution in [0.4, 0.5) is 5.69 Å². The molecule has 2 aromatic carbocycles. The predicted molar refractivity (Wildman–Crippen MR) is 395 cm³/mol. The van der Waals surface area contributed by atoms with Crippen LogP contribution in [0, 0.1) is 5.92 Å². The van der Waals surface area contributed by atoms with Crippen molar-refractivity contribution >= 4 is 135 Å². The molecule has 42 nitrogen and oxygen atoms in total. The number of H-pyrrole nitrogens is 1. The van der Waals surface area contributed by atoms with Crippen LogP contribution in [-0.4, -0.2) is 253 Å². The van der Waals surface area contributed by atoms with E-state index in [0.717, 1.165) is 57.8 Å². The topological polar surface area (TPSA) is 667 Å². The number of aliphatic hydroxyl groups is 1. The number of nitrogen functional groups attached to an aromatic ring is 1. The highest BCUT2D eigenvalue weighted by Crippen LogP contribution is 2.23. The summed E-state index contributed by atoms with van der Waals surface area (Å²) in [5, 5.41) is 76.7. The summed E-state index contributed by atoms with van der Waals surface area (Å²) >= 11 is 0. The Kier molecular flexibility index (Phi) is 36.3. The third kappa shape index (κ3) is 29.2. The van der Waals surface area contributed by atoms with E-state index in [1.807, 2.05) is 16.0 Å². The molecular formula is C72H98N16O26. The average molecular weight is 1600 g/mol. The molecule has 5 rings (SSSR count). The summed E-state index contributed by atoms with van der Waals surface area (Å²) in [5.41, 5.74) is 12.4. The normalized spacial score (nSPS) is 21.8. The number of aromatic nitrogens is 1. The lowest BCUT2D eigenvalue weighted by Gasteiger charge is -2.30. The molecule has 2 fully saturated rings. The largest absolute Gasteiger partial charge is 0.481 e. The van der Waals surface area contributed by atoms with E-state index >= 15 is 0 Å². The van der Waals surface area contributed by atoms with Crippen molar-refractivity contribution in [1.29, 1.82) is 0 Å². The summed E-state index contributed by atoms with van der Waals surface area (Å²) in [6, 6.07) is -10.0. The molecule has 0 unspecified atom stereocenters. The quantitative estimate of drug-likeness (QED) is 0.0121. The number of unbranched alkanes of at least 4 members (excludes halogenated alkanes) is 6. The number of aromatic amines is 1. The van der Waals surface area contributed by atoms with Gasteiger partial charge >= 0.3 is 29.8 Å². The summed E-state index contributed by atoms with van der Waals surface area (Å²) < 4.78 is 5.71. The van der Waals surface area contributed by atoms with Crippen LogP contribution in [0.25, 0.3) is 10.9 Å². The third-order valence-electron chi connectivity index (χ3n) is 18.4. The fraction of sp³-hybridized carbons (Fsp3) is 0.528. The van der Waals surface area contributed by atoms with Crippen LogP contribution in [0.15, 0.2) is 54.7 Å². The van der Waals surface area contributed by atoms with E-state index in [9.17, 15) is 121 Å². The second-order valence-electron chi connectivity index (χ2n) is 27.4. The van der Waals surface area contributed by atoms with Gasteiger partial charge in [0.15, 0.2) is 5.78 Å². The van der Waals surface area contributed by atoms with Crippen LogP contribution in [0.5, 0.6) is 0 Å². The number of nitrogens with zero attached hydrogens (tertiary/aromatic N) is 1. The molecule has 0 spiro atoms. The maximum Gasteiger partial charge on any atom is 0.329 e. The van der Waals surface area contributed by atoms with Crippen molar-refractivity contribution in [3.8, 4) is 0 Å². The number of cyclic esters (lactones) is 1. The van der Waals surface area contributed by atoms with Gasteiger partial charge in [0.1, 0.15) is 72.6 Å². The monoisotopic (exact) mass is 1600 g/mol. The van der Waals surface area contributed by atoms with Crippen LogP contribution >= 0.6 is 0 Å². The van der Waals surface area contributed by atoms with Crippen LogP contribution in [-0.2, 0) is 102 Å². The molecule has 1 aromatic heterocycles. The minimum atomic E-state index is -2.41. The number of fused-ring (bicyclic) bond motifs is 2. The van der Waals surface area contributed by atoms with Crippen molar-refractivity contribution in [2.45, 2.75) is 209 Å². The van der Waals surface area contributed by atoms with Crippen LogP contribution < -0.4 is 75.3 Å². The molecule has 3 aromatic rings. The number of para-hydroxylation sites is 2. The van der Waals surface area contributed by atoms with Gasteiger partial charge in [-0.3, -0.25) is 91.1 Å². The lowest BCUT2D eigenvalue weighted by atomic mass is 9.96. The highest BCUT2D eigenvalue weighted by atomic mass is 16.5. The average Bonchev–Trinajstić information content (AvgIpc) is 1.64. The number of hydrogen-bond acceptors (Lipinski definition) is 23. The number of rotatable bonds is 32. The number of carbonyl (C=O) groups excluding carboxylic acids is 16. The second kappa shape index (κ2) is 45.0. The van der Waals surface area contributed by atoms with E-state index in [1.54, 1.807) is 30.5 Å². The van der Waals surface area contributed by atoms with E-state index in [0.29, 0.717) is 29.3 Å². The second-order valence-corrected chi connectivity index (χ2v) is 27.4. The van der Waals surface area contributed by atoms with Gasteiger partial charge < -0.3 is 115 Å². The van der Waals surface area contributed by atoms with Crippen molar-refractivity contribution in [2.75, 3.05) is 32.0 Å². The Morgan fingerprint density at radius 2 is 1.17 bits per heavy atom. The molecular weight excluding hydrogens is 1500 g/mol. The number of anilines is 1. The molecule has 22 N–H and O–H groups in total. The number of hydrogen-bond donors (Lipinski definition) is 20. The van der Waals surface area contributed by atoms with E-state index in [1.165, 1.54) is 24.3 Å². The van der Waals surface area contributed by atoms with Crippen LogP contribution in [0.3, 0.4) is 0 Å². The molecule has 0 radical (unpaired) electrons. The number of ketones is 1. The van der Waals surface area contributed by atoms with E-state index in [4.69, 9.17) is 16.2 Å². The summed E-state index contributed by atoms with van der Waals surface area (Å²) in [5.74, 6) is -29.1. The molecule has 622 valence electrons. The zero-order chi connectivity index (χ0) is 84.6. The number of esters is 1. The fourth-order valence-corrected chi connectivity index (χ4v) is 12.3. The molecule has 0 bridgehead atoms. The van der Waals surface area contributed by atoms with E-state index < -0.39 is 255 Å². The number of Topliss-reactive ketones (excluding diaryl/α,β-unsaturated/α-hetero) is 1. The number of ether oxygens (including phenoxy) is 1. The summed E-state index contributed by atoms with van der Waals surface area (Å²) in [6.07, 6.45) is -1.80. The van der Waals surface area contributed by atoms with Gasteiger partial charge in [-0.2, -0.15) is 0 Å². The molecule has 13 atom stereocenters. The lowest BCUT2D eigenvalue weighted by molar-refractivity contribution is -0.156. The maximum atomic E-state index is 14.9. The number of aliphatic hydroxyl groups excluding tert-OH is 1. The number of benzene rings is 2. The van der Waals surface area contributed by atoms with Crippen molar-refractivity contribution in [1.82, 2.24) is 73.7 Å². The standard InChI is InChI=1S/C72H98N16O26/c1-5-6-7-8-9-10-11-22-53(92)79-43(25-38-31-75-42-20-15-13-17-39(38)42)65(106)82-44(27-52(74)91)66(107)83-47(30-59(101)102)67(108)87-61-37(4)114-72(113)48(26-51(90)40-18-12-14-19-41(40)73)85-71(112)60(35(2)24-56(95)96)86-68(109)49(34-89)80-54(93)32-76-63(104)45(28-57(97)98)81-62(103)36(3)78-64(105)46(29-58(99)100)84-69(110)50-21-16-23-88(50)55(94)33-77-70(61)111/h12-15,17-20,31,35-37,43-50,60-61,75,89H,5-11,16,21-30,32-34,73H2,1-4H3,(H2,74,91)(H,76,104)(H,77,111)(H,78,105)(H,79,92)(H,80,93)(H,81,103)(H,82,106)(H,83,107)(H,84,110)(H,85,112)(H,86,109)(H,87,108)(H,95,96)(H,97,98)(H,99,100)(H,101,102)/t35-,36+,37+,43-,44-,45-,46-,47-,48-,49+,50-,60-,61-/m0/s1. The first-order chi connectivity index (χ1) is 53.9. The zero-order valence-electron chi connectivity index (χ0n) is 63.0. The first-order valence-electron chi connectivity index (χ1n) is 36.7. The van der Waals surface area contributed by atoms with Gasteiger partial charge in [0, 0.05) is 54.2 Å². The number of carbonyl (C=O) groups is 20. The Morgan fingerprint density at radius 3 is 1.80 bits per heavy atom. The minimum Gasteiger partial charge on any atom is -0.481 e. The molecule has 2 aliphatic rings. The van der Waals surface area contributed by atoms with E-state index in [-0.39, 0.29) is 43.5 Å². The number of primary amides is 1. The van der Waals surface area contributed by atoms with Crippen LogP contribution in [0.2, 0.25) is 0 Å². The van der Waals surface area contributed by atoms with Gasteiger partial charge in [0.25, 0.3) is 0 Å². The predicted octanol–water partition coefficient (Wildman–Crippen LogP) is -4.85. The molecule has 3 heterocycles. The minimum absolute atomic E-state index is 0.0123. The Bertz CT molecular complexity index is 4080. The van der Waals surface area contributed by atoms with Crippen molar-refractivity contribution in [3.63, 3.8) is 0 Å². The number of carboxylic acid groups (broad SMARTS) is 4. The van der Waals surface area contributed by atoms with Gasteiger partial charge in [-0.1, -0.05) is 82.7 Å². The van der Waals surface area contributed by atoms with E-state index in [2.05, 4.69) is 59.8 Å². The first-order valence-corrected chi connectivity index (χ1v) is 36.7. The van der Waals surface area contributed by atoms with Gasteiger partial charge in [0.2, 0.25) is 82.7 Å². The smallest absolute Gasteiger partial charge is 0.329 e. The molecule has 2 aliphatic heterocycles. The lowest BCUT2D eigenvalue weighted by Crippen LogP contribution is -2.62. The first kappa shape index (κ1) is 91.9. The number of aliphatic carboxylic acids is 4. The summed E-state index contributed by atoms with van der Waals surface area (Å²) in [7, 11) is 0. The van der Waals surface area contributed by atoms with Crippen LogP contribution in [0.1, 0.15) is 146 Å². The van der Waals surface area contributed by atoms with Gasteiger partial charge in [-0.05, 0) is 62.8 Å². The molecule has 14 amide bonds. The molecule has 2 saturated heterocycles.